The van der Waals surface area contributed by atoms with Gasteiger partial charge in [-0.25, -0.2) is 8.42 Å². The maximum absolute atomic E-state index is 13.5. The number of aryl methyl sites for hydroxylation is 3. The number of anilines is 1. The minimum absolute atomic E-state index is 0.183. The number of sulfonamides is 1. The Morgan fingerprint density at radius 3 is 2.32 bits per heavy atom. The number of nitrogens with zero attached hydrogens (tertiary/aromatic N) is 1. The lowest BCUT2D eigenvalue weighted by Crippen LogP contribution is -2.41. The monoisotopic (exact) mass is 460 g/mol. The summed E-state index contributed by atoms with van der Waals surface area (Å²) in [5, 5.41) is 3.60. The first-order valence-electron chi connectivity index (χ1n) is 10.8. The first kappa shape index (κ1) is 23.7. The number of rotatable bonds is 9. The number of carbonyl (C=O) groups is 1. The van der Waals surface area contributed by atoms with E-state index in [9.17, 15) is 13.2 Å². The van der Waals surface area contributed by atoms with E-state index in [4.69, 9.17) is 0 Å². The van der Waals surface area contributed by atoms with Gasteiger partial charge in [-0.05, 0) is 57.4 Å². The molecule has 1 N–H and O–H groups in total. The largest absolute Gasteiger partial charge is 0.354 e. The van der Waals surface area contributed by atoms with E-state index in [0.29, 0.717) is 17.5 Å². The average Bonchev–Trinajstić information content (AvgIpc) is 3.24. The topological polar surface area (TPSA) is 66.5 Å². The molecule has 0 aromatic heterocycles. The highest BCUT2D eigenvalue weighted by molar-refractivity contribution is 7.99. The highest BCUT2D eigenvalue weighted by Gasteiger charge is 2.28. The number of benzene rings is 2. The molecule has 1 amide bonds. The Balaban J connectivity index is 1.75. The molecule has 0 heterocycles. The minimum atomic E-state index is -3.88. The molecule has 2 aromatic rings. The van der Waals surface area contributed by atoms with Gasteiger partial charge in [0.1, 0.15) is 6.54 Å². The second-order valence-corrected chi connectivity index (χ2v) is 11.5. The van der Waals surface area contributed by atoms with E-state index in [1.54, 1.807) is 30.3 Å². The molecular weight excluding hydrogens is 428 g/mol. The lowest BCUT2D eigenvalue weighted by molar-refractivity contribution is -0.119. The Morgan fingerprint density at radius 2 is 1.68 bits per heavy atom. The summed E-state index contributed by atoms with van der Waals surface area (Å²) in [4.78, 5) is 12.9. The summed E-state index contributed by atoms with van der Waals surface area (Å²) in [5.41, 5.74) is 3.37. The zero-order chi connectivity index (χ0) is 22.4. The Labute approximate surface area is 190 Å². The van der Waals surface area contributed by atoms with Crippen LogP contribution in [0.1, 0.15) is 42.4 Å². The van der Waals surface area contributed by atoms with Gasteiger partial charge in [0.2, 0.25) is 5.91 Å². The fraction of sp³-hybridized carbons (Fsp3) is 0.458. The molecule has 5 nitrogen and oxygen atoms in total. The van der Waals surface area contributed by atoms with Crippen molar-refractivity contribution >= 4 is 33.4 Å². The maximum Gasteiger partial charge on any atom is 0.264 e. The summed E-state index contributed by atoms with van der Waals surface area (Å²) in [6.45, 7) is 6.05. The normalized spacial score (nSPS) is 14.5. The van der Waals surface area contributed by atoms with Gasteiger partial charge in [0, 0.05) is 17.5 Å². The lowest BCUT2D eigenvalue weighted by atomic mass is 10.1. The van der Waals surface area contributed by atoms with E-state index in [1.165, 1.54) is 30.0 Å². The summed E-state index contributed by atoms with van der Waals surface area (Å²) < 4.78 is 28.2. The Kier molecular flexibility index (Phi) is 8.06. The molecule has 3 rings (SSSR count). The molecule has 1 fully saturated rings. The van der Waals surface area contributed by atoms with Crippen molar-refractivity contribution in [3.05, 3.63) is 59.2 Å². The number of carbonyl (C=O) groups excluding carboxylic acids is 1. The molecule has 0 saturated heterocycles. The van der Waals surface area contributed by atoms with Gasteiger partial charge in [0.15, 0.2) is 0 Å². The number of hydrogen-bond acceptors (Lipinski definition) is 4. The molecule has 2 aromatic carbocycles. The molecule has 168 valence electrons. The van der Waals surface area contributed by atoms with Gasteiger partial charge in [-0.3, -0.25) is 9.10 Å². The molecule has 0 atom stereocenters. The van der Waals surface area contributed by atoms with E-state index in [2.05, 4.69) is 5.32 Å². The van der Waals surface area contributed by atoms with Gasteiger partial charge < -0.3 is 5.32 Å². The molecule has 0 aliphatic heterocycles. The summed E-state index contributed by atoms with van der Waals surface area (Å²) >= 11 is 1.90. The highest BCUT2D eigenvalue weighted by Crippen LogP contribution is 2.29. The average molecular weight is 461 g/mol. The smallest absolute Gasteiger partial charge is 0.264 e. The van der Waals surface area contributed by atoms with Crippen LogP contribution in [-0.4, -0.2) is 38.4 Å². The molecule has 0 radical (unpaired) electrons. The van der Waals surface area contributed by atoms with Crippen molar-refractivity contribution in [2.24, 2.45) is 0 Å². The Hall–Kier alpha value is -1.99. The third-order valence-electron chi connectivity index (χ3n) is 5.60. The van der Waals surface area contributed by atoms with Crippen LogP contribution in [0.25, 0.3) is 0 Å². The van der Waals surface area contributed by atoms with Crippen molar-refractivity contribution < 1.29 is 13.2 Å². The van der Waals surface area contributed by atoms with Crippen LogP contribution in [0, 0.1) is 20.8 Å². The Morgan fingerprint density at radius 1 is 1.03 bits per heavy atom. The molecule has 1 aliphatic rings. The van der Waals surface area contributed by atoms with E-state index in [-0.39, 0.29) is 17.3 Å². The predicted molar refractivity (Wildman–Crippen MR) is 129 cm³/mol. The van der Waals surface area contributed by atoms with E-state index in [0.717, 1.165) is 22.4 Å². The summed E-state index contributed by atoms with van der Waals surface area (Å²) in [6.07, 6.45) is 5.11. The minimum Gasteiger partial charge on any atom is -0.354 e. The van der Waals surface area contributed by atoms with Gasteiger partial charge >= 0.3 is 0 Å². The van der Waals surface area contributed by atoms with Gasteiger partial charge in [0.25, 0.3) is 10.0 Å². The predicted octanol–water partition coefficient (Wildman–Crippen LogP) is 4.60. The third kappa shape index (κ3) is 6.26. The van der Waals surface area contributed by atoms with Crippen LogP contribution in [0.5, 0.6) is 0 Å². The van der Waals surface area contributed by atoms with Crippen molar-refractivity contribution in [3.63, 3.8) is 0 Å². The van der Waals surface area contributed by atoms with Crippen LogP contribution in [-0.2, 0) is 14.8 Å². The van der Waals surface area contributed by atoms with Crippen molar-refractivity contribution in [2.45, 2.75) is 56.6 Å². The molecular formula is C24H32N2O3S2. The summed E-state index contributed by atoms with van der Waals surface area (Å²) in [7, 11) is -3.88. The standard InChI is InChI=1S/C24H32N2O3S2/c1-18-8-11-22(12-9-18)31(28,29)26(23-13-10-19(2)16-20(23)3)17-24(27)25-14-15-30-21-6-4-5-7-21/h8-13,16,21H,4-7,14-15,17H2,1-3H3,(H,25,27). The number of nitrogens with one attached hydrogen (secondary N) is 1. The first-order chi connectivity index (χ1) is 14.8. The second-order valence-electron chi connectivity index (χ2n) is 8.24. The quantitative estimate of drug-likeness (QED) is 0.556. The van der Waals surface area contributed by atoms with Crippen LogP contribution in [0.4, 0.5) is 5.69 Å². The second kappa shape index (κ2) is 10.6. The molecule has 1 saturated carbocycles. The molecule has 31 heavy (non-hydrogen) atoms. The summed E-state index contributed by atoms with van der Waals surface area (Å²) in [6, 6.07) is 12.3. The van der Waals surface area contributed by atoms with Crippen molar-refractivity contribution in [1.29, 1.82) is 0 Å². The van der Waals surface area contributed by atoms with Crippen LogP contribution < -0.4 is 9.62 Å². The van der Waals surface area contributed by atoms with Crippen LogP contribution in [0.3, 0.4) is 0 Å². The lowest BCUT2D eigenvalue weighted by Gasteiger charge is -2.26. The first-order valence-corrected chi connectivity index (χ1v) is 13.3. The van der Waals surface area contributed by atoms with E-state index >= 15 is 0 Å². The van der Waals surface area contributed by atoms with E-state index < -0.39 is 10.0 Å². The Bertz CT molecular complexity index is 998. The number of thioether (sulfide) groups is 1. The molecule has 0 unspecified atom stereocenters. The fourth-order valence-electron chi connectivity index (χ4n) is 3.88. The van der Waals surface area contributed by atoms with Crippen LogP contribution in [0.2, 0.25) is 0 Å². The molecule has 0 bridgehead atoms. The van der Waals surface area contributed by atoms with Crippen LogP contribution in [0.15, 0.2) is 47.4 Å². The molecule has 1 aliphatic carbocycles. The van der Waals surface area contributed by atoms with Gasteiger partial charge in [-0.2, -0.15) is 11.8 Å². The third-order valence-corrected chi connectivity index (χ3v) is 8.75. The van der Waals surface area contributed by atoms with Crippen molar-refractivity contribution in [1.82, 2.24) is 5.32 Å². The number of hydrogen-bond donors (Lipinski definition) is 1. The van der Waals surface area contributed by atoms with Crippen LogP contribution >= 0.6 is 11.8 Å². The van der Waals surface area contributed by atoms with Gasteiger partial charge in [-0.15, -0.1) is 0 Å². The zero-order valence-electron chi connectivity index (χ0n) is 18.6. The maximum atomic E-state index is 13.5. The SMILES string of the molecule is Cc1ccc(S(=O)(=O)N(CC(=O)NCCSC2CCCC2)c2ccc(C)cc2C)cc1. The summed E-state index contributed by atoms with van der Waals surface area (Å²) in [5.74, 6) is 0.563. The molecule has 0 spiro atoms. The highest BCUT2D eigenvalue weighted by atomic mass is 32.2. The fourth-order valence-corrected chi connectivity index (χ4v) is 6.59. The van der Waals surface area contributed by atoms with Crippen molar-refractivity contribution in [3.8, 4) is 0 Å². The van der Waals surface area contributed by atoms with Crippen molar-refractivity contribution in [2.75, 3.05) is 23.1 Å². The number of amides is 1. The van der Waals surface area contributed by atoms with E-state index in [1.807, 2.05) is 44.7 Å². The van der Waals surface area contributed by atoms with Gasteiger partial charge in [-0.1, -0.05) is 48.2 Å². The van der Waals surface area contributed by atoms with Gasteiger partial charge in [0.05, 0.1) is 10.6 Å². The zero-order valence-corrected chi connectivity index (χ0v) is 20.2. The molecule has 7 heteroatoms.